The van der Waals surface area contributed by atoms with Crippen molar-refractivity contribution in [3.63, 3.8) is 0 Å². The number of sulfonamides is 1. The van der Waals surface area contributed by atoms with Crippen LogP contribution in [0.15, 0.2) is 47.4 Å². The summed E-state index contributed by atoms with van der Waals surface area (Å²) in [5, 5.41) is 2.93. The molecule has 0 saturated carbocycles. The molecule has 1 atom stereocenters. The molecular weight excluding hydrogens is 404 g/mol. The second kappa shape index (κ2) is 10.4. The van der Waals surface area contributed by atoms with Crippen molar-refractivity contribution in [3.05, 3.63) is 53.6 Å². The van der Waals surface area contributed by atoms with Gasteiger partial charge in [0.25, 0.3) is 5.91 Å². The predicted molar refractivity (Wildman–Crippen MR) is 117 cm³/mol. The topological polar surface area (TPSA) is 84.9 Å². The van der Waals surface area contributed by atoms with Gasteiger partial charge in [0, 0.05) is 19.7 Å². The summed E-state index contributed by atoms with van der Waals surface area (Å²) in [6, 6.07) is 11.3. The van der Waals surface area contributed by atoms with E-state index in [2.05, 4.69) is 5.32 Å². The summed E-state index contributed by atoms with van der Waals surface area (Å²) in [7, 11) is -0.512. The Balaban J connectivity index is 2.14. The molecule has 1 amide bonds. The minimum absolute atomic E-state index is 0.207. The van der Waals surface area contributed by atoms with Crippen LogP contribution in [0.1, 0.15) is 49.2 Å². The Morgan fingerprint density at radius 2 is 1.70 bits per heavy atom. The van der Waals surface area contributed by atoms with Crippen molar-refractivity contribution in [3.8, 4) is 11.5 Å². The molecule has 7 nitrogen and oxygen atoms in total. The molecule has 0 heterocycles. The Morgan fingerprint density at radius 3 is 2.27 bits per heavy atom. The van der Waals surface area contributed by atoms with Crippen LogP contribution in [0.4, 0.5) is 0 Å². The fourth-order valence-electron chi connectivity index (χ4n) is 2.75. The van der Waals surface area contributed by atoms with E-state index >= 15 is 0 Å². The van der Waals surface area contributed by atoms with Gasteiger partial charge in [0.05, 0.1) is 24.2 Å². The first-order chi connectivity index (χ1) is 14.2. The minimum Gasteiger partial charge on any atom is -0.490 e. The number of ether oxygens (including phenoxy) is 2. The molecule has 8 heteroatoms. The third-order valence-electron chi connectivity index (χ3n) is 4.47. The highest BCUT2D eigenvalue weighted by molar-refractivity contribution is 7.89. The first kappa shape index (κ1) is 23.7. The van der Waals surface area contributed by atoms with Gasteiger partial charge in [0.15, 0.2) is 11.5 Å². The van der Waals surface area contributed by atoms with E-state index in [9.17, 15) is 13.2 Å². The van der Waals surface area contributed by atoms with Gasteiger partial charge >= 0.3 is 0 Å². The van der Waals surface area contributed by atoms with Crippen molar-refractivity contribution in [2.24, 2.45) is 0 Å². The van der Waals surface area contributed by atoms with Crippen molar-refractivity contribution in [2.45, 2.75) is 38.1 Å². The Hall–Kier alpha value is -2.58. The van der Waals surface area contributed by atoms with Crippen LogP contribution >= 0.6 is 0 Å². The Morgan fingerprint density at radius 1 is 1.03 bits per heavy atom. The summed E-state index contributed by atoms with van der Waals surface area (Å²) in [5.74, 6) is 0.890. The molecule has 0 saturated heterocycles. The number of amides is 1. The number of hydrogen-bond donors (Lipinski definition) is 1. The zero-order valence-electron chi connectivity index (χ0n) is 18.1. The van der Waals surface area contributed by atoms with Gasteiger partial charge in [-0.3, -0.25) is 4.79 Å². The summed E-state index contributed by atoms with van der Waals surface area (Å²) >= 11 is 0. The van der Waals surface area contributed by atoms with Gasteiger partial charge in [0.1, 0.15) is 0 Å². The van der Waals surface area contributed by atoms with Crippen LogP contribution in [0.3, 0.4) is 0 Å². The molecule has 1 unspecified atom stereocenters. The van der Waals surface area contributed by atoms with Gasteiger partial charge in [-0.15, -0.1) is 0 Å². The van der Waals surface area contributed by atoms with Gasteiger partial charge in [-0.2, -0.15) is 0 Å². The van der Waals surface area contributed by atoms with Crippen molar-refractivity contribution >= 4 is 15.9 Å². The highest BCUT2D eigenvalue weighted by Gasteiger charge is 2.18. The van der Waals surface area contributed by atoms with E-state index in [0.29, 0.717) is 30.3 Å². The van der Waals surface area contributed by atoms with Crippen LogP contribution < -0.4 is 14.8 Å². The van der Waals surface area contributed by atoms with E-state index in [1.807, 2.05) is 20.8 Å². The maximum Gasteiger partial charge on any atom is 0.251 e. The molecule has 30 heavy (non-hydrogen) atoms. The van der Waals surface area contributed by atoms with Crippen LogP contribution in [0.2, 0.25) is 0 Å². The highest BCUT2D eigenvalue weighted by atomic mass is 32.2. The highest BCUT2D eigenvalue weighted by Crippen LogP contribution is 2.29. The van der Waals surface area contributed by atoms with Crippen LogP contribution in [0.5, 0.6) is 11.5 Å². The molecule has 0 spiro atoms. The van der Waals surface area contributed by atoms with Gasteiger partial charge < -0.3 is 14.8 Å². The molecule has 0 bridgehead atoms. The molecule has 2 aromatic rings. The van der Waals surface area contributed by atoms with Crippen LogP contribution in [-0.2, 0) is 10.0 Å². The van der Waals surface area contributed by atoms with Crippen molar-refractivity contribution in [2.75, 3.05) is 27.3 Å². The lowest BCUT2D eigenvalue weighted by Crippen LogP contribution is -2.27. The molecular formula is C22H30N2O5S. The molecule has 1 N–H and O–H groups in total. The summed E-state index contributed by atoms with van der Waals surface area (Å²) in [6.45, 7) is 6.77. The molecule has 0 aliphatic heterocycles. The molecule has 0 radical (unpaired) electrons. The monoisotopic (exact) mass is 434 g/mol. The lowest BCUT2D eigenvalue weighted by atomic mass is 10.1. The average molecular weight is 435 g/mol. The fraction of sp³-hybridized carbons (Fsp3) is 0.409. The lowest BCUT2D eigenvalue weighted by Gasteiger charge is -2.17. The third-order valence-corrected chi connectivity index (χ3v) is 6.30. The number of hydrogen-bond acceptors (Lipinski definition) is 5. The average Bonchev–Trinajstić information content (AvgIpc) is 2.72. The Bertz CT molecular complexity index is 956. The van der Waals surface area contributed by atoms with Crippen molar-refractivity contribution in [1.29, 1.82) is 0 Å². The molecule has 164 valence electrons. The normalized spacial score (nSPS) is 12.5. The zero-order valence-corrected chi connectivity index (χ0v) is 19.0. The lowest BCUT2D eigenvalue weighted by molar-refractivity contribution is 0.0939. The number of carbonyl (C=O) groups is 1. The molecule has 2 aromatic carbocycles. The number of carbonyl (C=O) groups excluding carboxylic acids is 1. The van der Waals surface area contributed by atoms with E-state index in [0.717, 1.165) is 16.3 Å². The number of nitrogens with one attached hydrogen (secondary N) is 1. The van der Waals surface area contributed by atoms with E-state index in [4.69, 9.17) is 9.47 Å². The summed E-state index contributed by atoms with van der Waals surface area (Å²) in [4.78, 5) is 12.9. The van der Waals surface area contributed by atoms with Crippen molar-refractivity contribution in [1.82, 2.24) is 9.62 Å². The summed E-state index contributed by atoms with van der Waals surface area (Å²) < 4.78 is 36.8. The first-order valence-corrected chi connectivity index (χ1v) is 11.4. The number of rotatable bonds is 10. The number of nitrogens with zero attached hydrogens (tertiary/aromatic N) is 1. The zero-order chi connectivity index (χ0) is 22.3. The number of benzene rings is 2. The SMILES string of the molecule is CCCOc1ccc(C(=O)NC(C)c2ccc(S(=O)(=O)N(C)C)cc2)cc1OCC. The van der Waals surface area contributed by atoms with E-state index in [1.54, 1.807) is 42.5 Å². The molecule has 0 aliphatic carbocycles. The third kappa shape index (κ3) is 5.73. The molecule has 2 rings (SSSR count). The van der Waals surface area contributed by atoms with Gasteiger partial charge in [-0.1, -0.05) is 19.1 Å². The van der Waals surface area contributed by atoms with Crippen LogP contribution in [-0.4, -0.2) is 45.9 Å². The standard InChI is InChI=1S/C22H30N2O5S/c1-6-14-29-20-13-10-18(15-21(20)28-7-2)22(25)23-16(3)17-8-11-19(12-9-17)30(26,27)24(4)5/h8-13,15-16H,6-7,14H2,1-5H3,(H,23,25). The molecule has 0 aliphatic rings. The van der Waals surface area contributed by atoms with Crippen LogP contribution in [0.25, 0.3) is 0 Å². The van der Waals surface area contributed by atoms with E-state index < -0.39 is 10.0 Å². The van der Waals surface area contributed by atoms with Gasteiger partial charge in [0.2, 0.25) is 10.0 Å². The fourth-order valence-corrected chi connectivity index (χ4v) is 3.65. The molecule has 0 aromatic heterocycles. The largest absolute Gasteiger partial charge is 0.490 e. The summed E-state index contributed by atoms with van der Waals surface area (Å²) in [5.41, 5.74) is 1.26. The maximum atomic E-state index is 12.7. The Kier molecular flexibility index (Phi) is 8.25. The van der Waals surface area contributed by atoms with E-state index in [1.165, 1.54) is 14.1 Å². The Labute approximate surface area is 179 Å². The second-order valence-electron chi connectivity index (χ2n) is 6.99. The molecule has 0 fully saturated rings. The predicted octanol–water partition coefficient (Wildman–Crippen LogP) is 3.62. The van der Waals surface area contributed by atoms with Gasteiger partial charge in [-0.25, -0.2) is 12.7 Å². The van der Waals surface area contributed by atoms with Crippen LogP contribution in [0, 0.1) is 0 Å². The van der Waals surface area contributed by atoms with E-state index in [-0.39, 0.29) is 16.8 Å². The summed E-state index contributed by atoms with van der Waals surface area (Å²) in [6.07, 6.45) is 0.875. The minimum atomic E-state index is -3.49. The second-order valence-corrected chi connectivity index (χ2v) is 9.15. The van der Waals surface area contributed by atoms with Crippen molar-refractivity contribution < 1.29 is 22.7 Å². The maximum absolute atomic E-state index is 12.7. The smallest absolute Gasteiger partial charge is 0.251 e. The first-order valence-electron chi connectivity index (χ1n) is 9.93. The quantitative estimate of drug-likeness (QED) is 0.617. The van der Waals surface area contributed by atoms with Gasteiger partial charge in [-0.05, 0) is 56.2 Å².